The van der Waals surface area contributed by atoms with E-state index in [-0.39, 0.29) is 34.9 Å². The molecule has 4 rings (SSSR count). The number of aromatic nitrogens is 2. The number of nitrogens with one attached hydrogen (secondary N) is 1. The average Bonchev–Trinajstić information content (AvgIpc) is 2.71. The average molecular weight is 359 g/mol. The molecule has 0 fully saturated rings. The van der Waals surface area contributed by atoms with Gasteiger partial charge in [0.15, 0.2) is 5.78 Å². The number of fused-ring (bicyclic) bond motifs is 2. The number of ketones is 2. The van der Waals surface area contributed by atoms with Crippen LogP contribution in [0.15, 0.2) is 60.9 Å². The molecule has 0 aliphatic heterocycles. The monoisotopic (exact) mass is 359 g/mol. The molecule has 132 valence electrons. The van der Waals surface area contributed by atoms with E-state index in [4.69, 9.17) is 4.74 Å². The van der Waals surface area contributed by atoms with Crippen LogP contribution in [0.4, 0.5) is 10.5 Å². The Bertz CT molecular complexity index is 1060. The van der Waals surface area contributed by atoms with Gasteiger partial charge in [-0.3, -0.25) is 24.9 Å². The fraction of sp³-hybridized carbons (Fsp3) is 0.0500. The molecule has 1 aliphatic carbocycles. The molecule has 1 aliphatic rings. The van der Waals surface area contributed by atoms with Crippen molar-refractivity contribution in [3.63, 3.8) is 0 Å². The van der Waals surface area contributed by atoms with Crippen LogP contribution in [-0.4, -0.2) is 27.6 Å². The zero-order valence-electron chi connectivity index (χ0n) is 14.0. The summed E-state index contributed by atoms with van der Waals surface area (Å²) in [6.45, 7) is -0.0830. The second-order valence-electron chi connectivity index (χ2n) is 5.86. The number of carbonyl (C=O) groups excluding carboxylic acids is 3. The van der Waals surface area contributed by atoms with Crippen LogP contribution < -0.4 is 5.32 Å². The highest BCUT2D eigenvalue weighted by Crippen LogP contribution is 2.25. The van der Waals surface area contributed by atoms with Crippen LogP contribution in [0.1, 0.15) is 37.7 Å². The Hall–Kier alpha value is -3.87. The number of hydrogen-bond donors (Lipinski definition) is 1. The van der Waals surface area contributed by atoms with Crippen LogP contribution in [0.2, 0.25) is 0 Å². The molecule has 0 radical (unpaired) electrons. The van der Waals surface area contributed by atoms with Gasteiger partial charge in [0.1, 0.15) is 18.0 Å². The van der Waals surface area contributed by atoms with E-state index in [0.717, 1.165) is 0 Å². The maximum atomic E-state index is 12.6. The van der Waals surface area contributed by atoms with E-state index in [1.807, 2.05) is 6.07 Å². The zero-order valence-corrected chi connectivity index (χ0v) is 14.0. The van der Waals surface area contributed by atoms with E-state index in [9.17, 15) is 14.4 Å². The molecule has 7 heteroatoms. The standard InChI is InChI=1S/C20H13N3O4/c24-18-14-7-4-8-21-16(14)19(25)17-15(18)9-12(10-22-17)11-27-20(26)23-13-5-2-1-3-6-13/h1-10H,11H2,(H,23,26). The molecule has 0 saturated heterocycles. The molecule has 0 saturated carbocycles. The molecule has 3 aromatic rings. The summed E-state index contributed by atoms with van der Waals surface area (Å²) in [4.78, 5) is 45.0. The van der Waals surface area contributed by atoms with Gasteiger partial charge in [-0.1, -0.05) is 18.2 Å². The Kier molecular flexibility index (Phi) is 4.18. The molecule has 0 bridgehead atoms. The van der Waals surface area contributed by atoms with Gasteiger partial charge < -0.3 is 4.74 Å². The summed E-state index contributed by atoms with van der Waals surface area (Å²) in [5.74, 6) is -0.717. The number of carbonyl (C=O) groups is 3. The van der Waals surface area contributed by atoms with Crippen molar-refractivity contribution in [2.75, 3.05) is 5.32 Å². The van der Waals surface area contributed by atoms with Gasteiger partial charge in [0, 0.05) is 23.6 Å². The molecule has 0 atom stereocenters. The Labute approximate surface area is 154 Å². The Balaban J connectivity index is 1.51. The van der Waals surface area contributed by atoms with E-state index >= 15 is 0 Å². The van der Waals surface area contributed by atoms with Crippen molar-refractivity contribution in [2.24, 2.45) is 0 Å². The first-order valence-corrected chi connectivity index (χ1v) is 8.15. The van der Waals surface area contributed by atoms with Crippen molar-refractivity contribution in [3.8, 4) is 0 Å². The van der Waals surface area contributed by atoms with Crippen LogP contribution >= 0.6 is 0 Å². The van der Waals surface area contributed by atoms with Crippen LogP contribution in [0.5, 0.6) is 0 Å². The van der Waals surface area contributed by atoms with Gasteiger partial charge in [0.25, 0.3) is 0 Å². The lowest BCUT2D eigenvalue weighted by molar-refractivity contribution is 0.0971. The molecule has 2 aromatic heterocycles. The lowest BCUT2D eigenvalue weighted by Gasteiger charge is -2.16. The predicted octanol–water partition coefficient (Wildman–Crippen LogP) is 3.00. The number of anilines is 1. The van der Waals surface area contributed by atoms with E-state index in [1.54, 1.807) is 36.4 Å². The molecule has 27 heavy (non-hydrogen) atoms. The third-order valence-electron chi connectivity index (χ3n) is 4.06. The molecular weight excluding hydrogens is 346 g/mol. The smallest absolute Gasteiger partial charge is 0.411 e. The van der Waals surface area contributed by atoms with E-state index < -0.39 is 11.9 Å². The third-order valence-corrected chi connectivity index (χ3v) is 4.06. The maximum Gasteiger partial charge on any atom is 0.411 e. The van der Waals surface area contributed by atoms with Crippen LogP contribution in [0, 0.1) is 0 Å². The van der Waals surface area contributed by atoms with Gasteiger partial charge in [0.2, 0.25) is 5.78 Å². The van der Waals surface area contributed by atoms with Crippen LogP contribution in [0.25, 0.3) is 0 Å². The number of benzene rings is 1. The minimum Gasteiger partial charge on any atom is -0.444 e. The molecular formula is C20H13N3O4. The molecule has 1 N–H and O–H groups in total. The minimum absolute atomic E-state index is 0.0590. The molecule has 0 unspecified atom stereocenters. The summed E-state index contributed by atoms with van der Waals surface area (Å²) in [7, 11) is 0. The first-order valence-electron chi connectivity index (χ1n) is 8.15. The Morgan fingerprint density at radius 3 is 2.52 bits per heavy atom. The highest BCUT2D eigenvalue weighted by molar-refractivity contribution is 6.26. The van der Waals surface area contributed by atoms with Crippen molar-refractivity contribution >= 4 is 23.3 Å². The summed E-state index contributed by atoms with van der Waals surface area (Å²) in [6, 6.07) is 13.6. The molecule has 1 amide bonds. The van der Waals surface area contributed by atoms with Crippen molar-refractivity contribution < 1.29 is 19.1 Å². The first kappa shape index (κ1) is 16.6. The van der Waals surface area contributed by atoms with E-state index in [1.165, 1.54) is 18.5 Å². The number of pyridine rings is 2. The van der Waals surface area contributed by atoms with E-state index in [2.05, 4.69) is 15.3 Å². The van der Waals surface area contributed by atoms with Crippen LogP contribution in [0.3, 0.4) is 0 Å². The second-order valence-corrected chi connectivity index (χ2v) is 5.86. The summed E-state index contributed by atoms with van der Waals surface area (Å²) < 4.78 is 5.16. The van der Waals surface area contributed by atoms with Crippen LogP contribution in [-0.2, 0) is 11.3 Å². The van der Waals surface area contributed by atoms with E-state index in [0.29, 0.717) is 11.3 Å². The molecule has 2 heterocycles. The predicted molar refractivity (Wildman–Crippen MR) is 95.6 cm³/mol. The highest BCUT2D eigenvalue weighted by atomic mass is 16.5. The van der Waals surface area contributed by atoms with Crippen molar-refractivity contribution in [1.29, 1.82) is 0 Å². The SMILES string of the molecule is O=C(Nc1ccccc1)OCc1cnc2c(c1)C(=O)c1cccnc1C2=O. The van der Waals surface area contributed by atoms with Gasteiger partial charge in [0.05, 0.1) is 11.1 Å². The van der Waals surface area contributed by atoms with Crippen molar-refractivity contribution in [2.45, 2.75) is 6.61 Å². The van der Waals surface area contributed by atoms with Gasteiger partial charge in [-0.25, -0.2) is 4.79 Å². The van der Waals surface area contributed by atoms with Gasteiger partial charge in [-0.2, -0.15) is 0 Å². The molecule has 7 nitrogen and oxygen atoms in total. The fourth-order valence-electron chi connectivity index (χ4n) is 2.79. The normalized spacial score (nSPS) is 12.1. The van der Waals surface area contributed by atoms with Gasteiger partial charge in [-0.05, 0) is 30.3 Å². The molecule has 0 spiro atoms. The third kappa shape index (κ3) is 3.18. The topological polar surface area (TPSA) is 98.2 Å². The zero-order chi connectivity index (χ0) is 18.8. The highest BCUT2D eigenvalue weighted by Gasteiger charge is 2.32. The molecule has 1 aromatic carbocycles. The number of hydrogen-bond acceptors (Lipinski definition) is 6. The van der Waals surface area contributed by atoms with Crippen molar-refractivity contribution in [1.82, 2.24) is 9.97 Å². The number of amides is 1. The second kappa shape index (κ2) is 6.80. The Morgan fingerprint density at radius 1 is 0.926 bits per heavy atom. The van der Waals surface area contributed by atoms with Gasteiger partial charge in [-0.15, -0.1) is 0 Å². The number of rotatable bonds is 3. The lowest BCUT2D eigenvalue weighted by Crippen LogP contribution is -2.24. The number of para-hydroxylation sites is 1. The van der Waals surface area contributed by atoms with Crippen molar-refractivity contribution in [3.05, 3.63) is 89.0 Å². The number of nitrogens with zero attached hydrogens (tertiary/aromatic N) is 2. The number of ether oxygens (including phenoxy) is 1. The lowest BCUT2D eigenvalue weighted by atomic mass is 9.90. The largest absolute Gasteiger partial charge is 0.444 e. The quantitative estimate of drug-likeness (QED) is 0.604. The van der Waals surface area contributed by atoms with Gasteiger partial charge >= 0.3 is 6.09 Å². The first-order chi connectivity index (χ1) is 13.1. The summed E-state index contributed by atoms with van der Waals surface area (Å²) >= 11 is 0. The minimum atomic E-state index is -0.629. The Morgan fingerprint density at radius 2 is 1.70 bits per heavy atom. The summed E-state index contributed by atoms with van der Waals surface area (Å²) in [6.07, 6.45) is 2.24. The fourth-order valence-corrected chi connectivity index (χ4v) is 2.79. The summed E-state index contributed by atoms with van der Waals surface area (Å²) in [5.41, 5.74) is 1.71. The maximum absolute atomic E-state index is 12.6. The summed E-state index contributed by atoms with van der Waals surface area (Å²) in [5, 5.41) is 2.59.